The SMILES string of the molecule is CCc1ccc(C(C)NCCN2CCOCC2)s1. The monoisotopic (exact) mass is 268 g/mol. The molecule has 0 saturated carbocycles. The summed E-state index contributed by atoms with van der Waals surface area (Å²) in [6.45, 7) is 10.6. The maximum absolute atomic E-state index is 5.35. The summed E-state index contributed by atoms with van der Waals surface area (Å²) in [5.41, 5.74) is 0. The lowest BCUT2D eigenvalue weighted by Crippen LogP contribution is -2.40. The standard InChI is InChI=1S/C14H24N2OS/c1-3-13-4-5-14(18-13)12(2)15-6-7-16-8-10-17-11-9-16/h4-5,12,15H,3,6-11H2,1-2H3. The van der Waals surface area contributed by atoms with Crippen molar-refractivity contribution in [3.63, 3.8) is 0 Å². The molecule has 0 radical (unpaired) electrons. The van der Waals surface area contributed by atoms with E-state index >= 15 is 0 Å². The second-order valence-electron chi connectivity index (χ2n) is 4.79. The highest BCUT2D eigenvalue weighted by Gasteiger charge is 2.11. The number of thiophene rings is 1. The summed E-state index contributed by atoms with van der Waals surface area (Å²) in [5, 5.41) is 3.61. The van der Waals surface area contributed by atoms with Gasteiger partial charge in [0.1, 0.15) is 0 Å². The van der Waals surface area contributed by atoms with E-state index in [-0.39, 0.29) is 0 Å². The van der Waals surface area contributed by atoms with Crippen LogP contribution in [0.3, 0.4) is 0 Å². The molecule has 1 saturated heterocycles. The van der Waals surface area contributed by atoms with Gasteiger partial charge < -0.3 is 10.1 Å². The highest BCUT2D eigenvalue weighted by molar-refractivity contribution is 7.12. The Morgan fingerprint density at radius 2 is 2.17 bits per heavy atom. The molecule has 1 aliphatic heterocycles. The van der Waals surface area contributed by atoms with Crippen LogP contribution in [-0.4, -0.2) is 44.3 Å². The zero-order chi connectivity index (χ0) is 12.8. The molecular formula is C14H24N2OS. The van der Waals surface area contributed by atoms with Crippen molar-refractivity contribution in [1.82, 2.24) is 10.2 Å². The Morgan fingerprint density at radius 1 is 1.39 bits per heavy atom. The summed E-state index contributed by atoms with van der Waals surface area (Å²) in [6, 6.07) is 4.98. The average Bonchev–Trinajstić information content (AvgIpc) is 2.89. The molecule has 1 N–H and O–H groups in total. The van der Waals surface area contributed by atoms with E-state index in [4.69, 9.17) is 4.74 Å². The smallest absolute Gasteiger partial charge is 0.0594 e. The first-order valence-corrected chi connectivity index (χ1v) is 7.73. The number of hydrogen-bond acceptors (Lipinski definition) is 4. The van der Waals surface area contributed by atoms with Gasteiger partial charge in [-0.05, 0) is 25.5 Å². The van der Waals surface area contributed by atoms with Gasteiger partial charge in [0.05, 0.1) is 13.2 Å². The van der Waals surface area contributed by atoms with Crippen LogP contribution in [0.5, 0.6) is 0 Å². The summed E-state index contributed by atoms with van der Waals surface area (Å²) in [5.74, 6) is 0. The Balaban J connectivity index is 1.69. The molecule has 0 aromatic carbocycles. The molecule has 2 rings (SSSR count). The van der Waals surface area contributed by atoms with Gasteiger partial charge in [0, 0.05) is 42.0 Å². The number of nitrogens with zero attached hydrogens (tertiary/aromatic N) is 1. The second-order valence-corrected chi connectivity index (χ2v) is 5.99. The van der Waals surface area contributed by atoms with Crippen molar-refractivity contribution in [3.8, 4) is 0 Å². The number of nitrogens with one attached hydrogen (secondary N) is 1. The van der Waals surface area contributed by atoms with E-state index in [9.17, 15) is 0 Å². The van der Waals surface area contributed by atoms with Gasteiger partial charge in [0.2, 0.25) is 0 Å². The topological polar surface area (TPSA) is 24.5 Å². The first-order chi connectivity index (χ1) is 8.79. The van der Waals surface area contributed by atoms with Crippen LogP contribution in [0.15, 0.2) is 12.1 Å². The molecular weight excluding hydrogens is 244 g/mol. The predicted octanol–water partition coefficient (Wildman–Crippen LogP) is 2.29. The molecule has 1 aromatic rings. The fourth-order valence-corrected chi connectivity index (χ4v) is 3.16. The van der Waals surface area contributed by atoms with E-state index in [0.29, 0.717) is 6.04 Å². The Morgan fingerprint density at radius 3 is 2.83 bits per heavy atom. The van der Waals surface area contributed by atoms with Crippen LogP contribution in [0, 0.1) is 0 Å². The van der Waals surface area contributed by atoms with Gasteiger partial charge in [-0.1, -0.05) is 6.92 Å². The highest BCUT2D eigenvalue weighted by Crippen LogP contribution is 2.23. The summed E-state index contributed by atoms with van der Waals surface area (Å²) in [4.78, 5) is 5.40. The molecule has 102 valence electrons. The van der Waals surface area contributed by atoms with Crippen LogP contribution in [0.1, 0.15) is 29.6 Å². The molecule has 1 aromatic heterocycles. The highest BCUT2D eigenvalue weighted by atomic mass is 32.1. The third kappa shape index (κ3) is 4.05. The molecule has 2 heterocycles. The van der Waals surface area contributed by atoms with E-state index < -0.39 is 0 Å². The number of aryl methyl sites for hydroxylation is 1. The number of rotatable bonds is 6. The average molecular weight is 268 g/mol. The Bertz CT molecular complexity index is 347. The van der Waals surface area contributed by atoms with Crippen molar-refractivity contribution >= 4 is 11.3 Å². The van der Waals surface area contributed by atoms with E-state index in [1.165, 1.54) is 9.75 Å². The van der Waals surface area contributed by atoms with E-state index in [2.05, 4.69) is 36.2 Å². The molecule has 0 bridgehead atoms. The second kappa shape index (κ2) is 7.24. The van der Waals surface area contributed by atoms with Gasteiger partial charge in [-0.25, -0.2) is 0 Å². The molecule has 18 heavy (non-hydrogen) atoms. The molecule has 4 heteroatoms. The Labute approximate surface area is 114 Å². The molecule has 1 atom stereocenters. The van der Waals surface area contributed by atoms with Crippen molar-refractivity contribution in [2.24, 2.45) is 0 Å². The fraction of sp³-hybridized carbons (Fsp3) is 0.714. The van der Waals surface area contributed by atoms with Crippen molar-refractivity contribution in [1.29, 1.82) is 0 Å². The maximum atomic E-state index is 5.35. The Hall–Kier alpha value is -0.420. The normalized spacial score (nSPS) is 19.0. The molecule has 1 aliphatic rings. The van der Waals surface area contributed by atoms with E-state index in [1.54, 1.807) is 0 Å². The minimum absolute atomic E-state index is 0.469. The molecule has 0 amide bonds. The summed E-state index contributed by atoms with van der Waals surface area (Å²) >= 11 is 1.93. The van der Waals surface area contributed by atoms with Crippen LogP contribution >= 0.6 is 11.3 Å². The number of morpholine rings is 1. The van der Waals surface area contributed by atoms with Gasteiger partial charge in [-0.2, -0.15) is 0 Å². The summed E-state index contributed by atoms with van der Waals surface area (Å²) in [6.07, 6.45) is 1.14. The molecule has 1 fully saturated rings. The predicted molar refractivity (Wildman–Crippen MR) is 77.4 cm³/mol. The van der Waals surface area contributed by atoms with Gasteiger partial charge in [-0.3, -0.25) is 4.90 Å². The lowest BCUT2D eigenvalue weighted by atomic mass is 10.2. The summed E-state index contributed by atoms with van der Waals surface area (Å²) in [7, 11) is 0. The quantitative estimate of drug-likeness (QED) is 0.857. The van der Waals surface area contributed by atoms with Crippen molar-refractivity contribution < 1.29 is 4.74 Å². The van der Waals surface area contributed by atoms with Crippen LogP contribution in [0.25, 0.3) is 0 Å². The number of hydrogen-bond donors (Lipinski definition) is 1. The van der Waals surface area contributed by atoms with Crippen LogP contribution in [0.4, 0.5) is 0 Å². The Kier molecular flexibility index (Phi) is 5.63. The molecule has 1 unspecified atom stereocenters. The third-order valence-electron chi connectivity index (χ3n) is 3.44. The van der Waals surface area contributed by atoms with Crippen molar-refractivity contribution in [3.05, 3.63) is 21.9 Å². The van der Waals surface area contributed by atoms with Gasteiger partial charge in [0.15, 0.2) is 0 Å². The molecule has 0 aliphatic carbocycles. The van der Waals surface area contributed by atoms with Crippen molar-refractivity contribution in [2.75, 3.05) is 39.4 Å². The minimum atomic E-state index is 0.469. The largest absolute Gasteiger partial charge is 0.379 e. The first-order valence-electron chi connectivity index (χ1n) is 6.91. The van der Waals surface area contributed by atoms with Crippen LogP contribution in [0.2, 0.25) is 0 Å². The van der Waals surface area contributed by atoms with Crippen LogP contribution in [-0.2, 0) is 11.2 Å². The third-order valence-corrected chi connectivity index (χ3v) is 4.85. The van der Waals surface area contributed by atoms with Gasteiger partial charge in [0.25, 0.3) is 0 Å². The fourth-order valence-electron chi connectivity index (χ4n) is 2.18. The minimum Gasteiger partial charge on any atom is -0.379 e. The summed E-state index contributed by atoms with van der Waals surface area (Å²) < 4.78 is 5.35. The van der Waals surface area contributed by atoms with E-state index in [1.807, 2.05) is 11.3 Å². The lowest BCUT2D eigenvalue weighted by molar-refractivity contribution is 0.0382. The lowest BCUT2D eigenvalue weighted by Gasteiger charge is -2.27. The van der Waals surface area contributed by atoms with Gasteiger partial charge >= 0.3 is 0 Å². The van der Waals surface area contributed by atoms with Crippen LogP contribution < -0.4 is 5.32 Å². The molecule has 3 nitrogen and oxygen atoms in total. The van der Waals surface area contributed by atoms with Gasteiger partial charge in [-0.15, -0.1) is 11.3 Å². The molecule has 0 spiro atoms. The number of ether oxygens (including phenoxy) is 1. The maximum Gasteiger partial charge on any atom is 0.0594 e. The zero-order valence-corrected chi connectivity index (χ0v) is 12.3. The van der Waals surface area contributed by atoms with Crippen molar-refractivity contribution in [2.45, 2.75) is 26.3 Å². The zero-order valence-electron chi connectivity index (χ0n) is 11.4. The first kappa shape index (κ1) is 14.0. The van der Waals surface area contributed by atoms with E-state index in [0.717, 1.165) is 45.8 Å².